The molecule has 0 bridgehead atoms. The Kier molecular flexibility index (Phi) is 11.3. The molecule has 0 saturated carbocycles. The number of rotatable bonds is 12. The number of ether oxygens (including phenoxy) is 6. The molecule has 0 radical (unpaired) electrons. The molecule has 2 aliphatic heterocycles. The van der Waals surface area contributed by atoms with E-state index in [1.165, 1.54) is 7.11 Å². The second-order valence-corrected chi connectivity index (χ2v) is 11.9. The van der Waals surface area contributed by atoms with E-state index in [4.69, 9.17) is 40.6 Å². The Hall–Kier alpha value is -5.63. The van der Waals surface area contributed by atoms with Crippen molar-refractivity contribution in [1.82, 2.24) is 10.2 Å². The highest BCUT2D eigenvalue weighted by molar-refractivity contribution is 7.80. The third kappa shape index (κ3) is 8.23. The third-order valence-corrected chi connectivity index (χ3v) is 8.63. The minimum Gasteiger partial charge on any atom is -0.458 e. The van der Waals surface area contributed by atoms with Gasteiger partial charge in [-0.2, -0.15) is 0 Å². The first-order valence-corrected chi connectivity index (χ1v) is 16.5. The fourth-order valence-corrected chi connectivity index (χ4v) is 6.05. The van der Waals surface area contributed by atoms with Crippen molar-refractivity contribution >= 4 is 41.2 Å². The summed E-state index contributed by atoms with van der Waals surface area (Å²) in [5.41, 5.74) is 0.895. The van der Waals surface area contributed by atoms with Crippen molar-refractivity contribution in [1.29, 1.82) is 0 Å². The summed E-state index contributed by atoms with van der Waals surface area (Å²) in [5, 5.41) is 3.26. The lowest BCUT2D eigenvalue weighted by atomic mass is 10.0. The number of nitrogens with one attached hydrogen (secondary N) is 1. The van der Waals surface area contributed by atoms with E-state index in [-0.39, 0.29) is 33.9 Å². The number of nitrogens with zero attached hydrogens (tertiary/aromatic N) is 1. The summed E-state index contributed by atoms with van der Waals surface area (Å²) in [5.74, 6) is -2.96. The molecule has 262 valence electrons. The molecule has 0 aromatic heterocycles. The Bertz CT molecular complexity index is 1830. The molecule has 0 amide bonds. The van der Waals surface area contributed by atoms with E-state index in [9.17, 15) is 19.2 Å². The lowest BCUT2D eigenvalue weighted by Crippen LogP contribution is -2.52. The molecule has 2 saturated heterocycles. The molecule has 6 atom stereocenters. The van der Waals surface area contributed by atoms with Crippen molar-refractivity contribution in [2.45, 2.75) is 36.9 Å². The molecular weight excluding hydrogens is 676 g/mol. The van der Waals surface area contributed by atoms with Gasteiger partial charge in [0.2, 0.25) is 0 Å². The zero-order valence-electron chi connectivity index (χ0n) is 27.4. The average Bonchev–Trinajstić information content (AvgIpc) is 3.72. The van der Waals surface area contributed by atoms with Crippen LogP contribution in [-0.4, -0.2) is 91.0 Å². The number of carbonyl (C=O) groups excluding carboxylic acids is 4. The summed E-state index contributed by atoms with van der Waals surface area (Å²) < 4.78 is 36.1. The number of benzene rings is 4. The predicted octanol–water partition coefficient (Wildman–Crippen LogP) is 4.41. The molecule has 0 unspecified atom stereocenters. The van der Waals surface area contributed by atoms with E-state index < -0.39 is 67.4 Å². The maximum Gasteiger partial charge on any atom is 0.338 e. The van der Waals surface area contributed by atoms with Gasteiger partial charge in [-0.25, -0.2) is 19.2 Å². The molecule has 4 aromatic carbocycles. The van der Waals surface area contributed by atoms with Crippen LogP contribution in [0, 0.1) is 0 Å². The minimum absolute atomic E-state index is 0.203. The Balaban J connectivity index is 1.41. The third-order valence-electron chi connectivity index (χ3n) is 8.27. The largest absolute Gasteiger partial charge is 0.458 e. The van der Waals surface area contributed by atoms with Crippen molar-refractivity contribution in [2.75, 3.05) is 20.3 Å². The summed E-state index contributed by atoms with van der Waals surface area (Å²) in [6.45, 7) is -0.242. The predicted molar refractivity (Wildman–Crippen MR) is 186 cm³/mol. The van der Waals surface area contributed by atoms with Crippen LogP contribution in [0.3, 0.4) is 0 Å². The Morgan fingerprint density at radius 3 is 1.65 bits per heavy atom. The van der Waals surface area contributed by atoms with Crippen LogP contribution < -0.4 is 5.32 Å². The van der Waals surface area contributed by atoms with Gasteiger partial charge in [0.15, 0.2) is 35.9 Å². The van der Waals surface area contributed by atoms with Crippen LogP contribution in [0.1, 0.15) is 41.4 Å². The fraction of sp³-hybridized carbons (Fsp3) is 0.237. The Morgan fingerprint density at radius 2 is 1.16 bits per heavy atom. The van der Waals surface area contributed by atoms with Crippen LogP contribution in [0.15, 0.2) is 121 Å². The number of thiocarbonyl (C=S) groups is 1. The second kappa shape index (κ2) is 16.4. The number of esters is 4. The van der Waals surface area contributed by atoms with Crippen LogP contribution in [0.4, 0.5) is 0 Å². The van der Waals surface area contributed by atoms with Gasteiger partial charge in [-0.1, -0.05) is 72.8 Å². The molecule has 13 heteroatoms. The molecular formula is C38H34N2O10S. The van der Waals surface area contributed by atoms with Crippen LogP contribution in [0.2, 0.25) is 0 Å². The van der Waals surface area contributed by atoms with E-state index in [1.54, 1.807) is 126 Å². The summed E-state index contributed by atoms with van der Waals surface area (Å²) in [6.07, 6.45) is -7.40. The second-order valence-electron chi connectivity index (χ2n) is 11.5. The fourth-order valence-electron chi connectivity index (χ4n) is 5.74. The van der Waals surface area contributed by atoms with Gasteiger partial charge < -0.3 is 33.7 Å². The van der Waals surface area contributed by atoms with Crippen LogP contribution in [-0.2, 0) is 28.4 Å². The zero-order valence-corrected chi connectivity index (χ0v) is 28.2. The maximum atomic E-state index is 13.7. The van der Waals surface area contributed by atoms with Gasteiger partial charge in [-0.3, -0.25) is 4.90 Å². The topological polar surface area (TPSA) is 139 Å². The van der Waals surface area contributed by atoms with Crippen LogP contribution >= 0.6 is 12.2 Å². The SMILES string of the molecule is CO[C@H]1CNC(=S)N1[C@@H]1O[C@@H]([C@@H](COC(=O)c2ccccc2)OC(=O)c2ccccc2)[C@H](OC(=O)c2ccccc2)[C@H]1OC(=O)c1ccccc1. The standard InChI is InChI=1S/C38H34N2O10S/c1-45-29-22-39-38(51)40(29)33-32(50-37(44)27-20-12-5-13-21-27)31(49-36(43)26-18-10-4-11-19-26)30(48-33)28(47-35(42)25-16-8-3-9-17-25)23-46-34(41)24-14-6-2-7-15-24/h2-21,28-33H,22-23H2,1H3,(H,39,51)/t28-,29+,30+,31+,32-,33-/m1/s1. The molecule has 0 aliphatic carbocycles. The van der Waals surface area contributed by atoms with Crippen molar-refractivity contribution in [3.8, 4) is 0 Å². The van der Waals surface area contributed by atoms with E-state index >= 15 is 0 Å². The van der Waals surface area contributed by atoms with Crippen LogP contribution in [0.25, 0.3) is 0 Å². The number of carbonyl (C=O) groups is 4. The first-order valence-electron chi connectivity index (χ1n) is 16.1. The molecule has 12 nitrogen and oxygen atoms in total. The van der Waals surface area contributed by atoms with Crippen molar-refractivity contribution < 1.29 is 47.6 Å². The van der Waals surface area contributed by atoms with Crippen molar-refractivity contribution in [2.24, 2.45) is 0 Å². The van der Waals surface area contributed by atoms with Crippen molar-refractivity contribution in [3.05, 3.63) is 144 Å². The monoisotopic (exact) mass is 710 g/mol. The highest BCUT2D eigenvalue weighted by atomic mass is 32.1. The number of methoxy groups -OCH3 is 1. The van der Waals surface area contributed by atoms with Gasteiger partial charge in [-0.05, 0) is 60.7 Å². The Morgan fingerprint density at radius 1 is 0.706 bits per heavy atom. The van der Waals surface area contributed by atoms with Crippen molar-refractivity contribution in [3.63, 3.8) is 0 Å². The van der Waals surface area contributed by atoms with Crippen LogP contribution in [0.5, 0.6) is 0 Å². The zero-order chi connectivity index (χ0) is 35.7. The normalized spacial score (nSPS) is 21.6. The van der Waals surface area contributed by atoms with E-state index in [0.717, 1.165) is 0 Å². The first-order chi connectivity index (χ1) is 24.8. The van der Waals surface area contributed by atoms with Gasteiger partial charge in [0.1, 0.15) is 12.7 Å². The molecule has 2 aliphatic rings. The molecule has 6 rings (SSSR count). The van der Waals surface area contributed by atoms with E-state index in [2.05, 4.69) is 5.32 Å². The molecule has 4 aromatic rings. The molecule has 51 heavy (non-hydrogen) atoms. The van der Waals surface area contributed by atoms with Gasteiger partial charge in [0, 0.05) is 7.11 Å². The summed E-state index contributed by atoms with van der Waals surface area (Å²) in [4.78, 5) is 55.5. The van der Waals surface area contributed by atoms with E-state index in [1.807, 2.05) is 0 Å². The molecule has 2 heterocycles. The molecule has 2 fully saturated rings. The van der Waals surface area contributed by atoms with E-state index in [0.29, 0.717) is 0 Å². The highest BCUT2D eigenvalue weighted by Gasteiger charge is 2.58. The number of hydrogen-bond acceptors (Lipinski definition) is 11. The lowest BCUT2D eigenvalue weighted by Gasteiger charge is -2.33. The summed E-state index contributed by atoms with van der Waals surface area (Å²) in [6, 6.07) is 32.9. The summed E-state index contributed by atoms with van der Waals surface area (Å²) in [7, 11) is 1.48. The maximum absolute atomic E-state index is 13.7. The quantitative estimate of drug-likeness (QED) is 0.126. The highest BCUT2D eigenvalue weighted by Crippen LogP contribution is 2.35. The number of hydrogen-bond donors (Lipinski definition) is 1. The molecule has 1 N–H and O–H groups in total. The smallest absolute Gasteiger partial charge is 0.338 e. The van der Waals surface area contributed by atoms with Gasteiger partial charge in [-0.15, -0.1) is 0 Å². The molecule has 0 spiro atoms. The summed E-state index contributed by atoms with van der Waals surface area (Å²) >= 11 is 5.61. The Labute approximate surface area is 299 Å². The average molecular weight is 711 g/mol. The van der Waals surface area contributed by atoms with Gasteiger partial charge in [0.05, 0.1) is 28.8 Å². The van der Waals surface area contributed by atoms with Gasteiger partial charge >= 0.3 is 23.9 Å². The first kappa shape index (κ1) is 35.2. The minimum atomic E-state index is -1.42. The van der Waals surface area contributed by atoms with Gasteiger partial charge in [0.25, 0.3) is 0 Å². The lowest BCUT2D eigenvalue weighted by molar-refractivity contribution is -0.138.